The second-order valence-electron chi connectivity index (χ2n) is 7.50. The molecule has 5 rings (SSSR count). The summed E-state index contributed by atoms with van der Waals surface area (Å²) in [6.07, 6.45) is 4.42. The molecule has 1 N–H and O–H groups in total. The summed E-state index contributed by atoms with van der Waals surface area (Å²) in [7, 11) is 0. The molecule has 0 radical (unpaired) electrons. The number of fused-ring (bicyclic) bond motifs is 1. The van der Waals surface area contributed by atoms with Gasteiger partial charge in [0, 0.05) is 5.92 Å². The number of hydrogen-bond donors (Lipinski definition) is 1. The minimum atomic E-state index is -1.23. The van der Waals surface area contributed by atoms with E-state index < -0.39 is 5.60 Å². The van der Waals surface area contributed by atoms with Crippen molar-refractivity contribution in [3.05, 3.63) is 149 Å². The molecule has 1 heteroatoms. The van der Waals surface area contributed by atoms with Gasteiger partial charge in [-0.3, -0.25) is 0 Å². The Labute approximate surface area is 171 Å². The Morgan fingerprint density at radius 2 is 1.07 bits per heavy atom. The largest absolute Gasteiger partial charge is 0.376 e. The molecule has 0 fully saturated rings. The molecule has 0 spiro atoms. The van der Waals surface area contributed by atoms with Crippen LogP contribution in [0.25, 0.3) is 6.08 Å². The van der Waals surface area contributed by atoms with E-state index in [4.69, 9.17) is 0 Å². The van der Waals surface area contributed by atoms with Gasteiger partial charge in [0.25, 0.3) is 0 Å². The molecule has 4 aromatic rings. The first-order valence-corrected chi connectivity index (χ1v) is 9.98. The second kappa shape index (κ2) is 7.20. The van der Waals surface area contributed by atoms with Gasteiger partial charge in [0.15, 0.2) is 0 Å². The van der Waals surface area contributed by atoms with E-state index in [1.165, 1.54) is 11.1 Å². The molecule has 29 heavy (non-hydrogen) atoms. The van der Waals surface area contributed by atoms with Crippen LogP contribution >= 0.6 is 0 Å². The Hall–Kier alpha value is -3.42. The van der Waals surface area contributed by atoms with Crippen molar-refractivity contribution in [2.75, 3.05) is 0 Å². The van der Waals surface area contributed by atoms with Crippen LogP contribution in [0.1, 0.15) is 39.3 Å². The lowest BCUT2D eigenvalue weighted by Gasteiger charge is -2.33. The van der Waals surface area contributed by atoms with Crippen molar-refractivity contribution in [3.63, 3.8) is 0 Å². The fourth-order valence-corrected chi connectivity index (χ4v) is 4.45. The topological polar surface area (TPSA) is 20.2 Å². The maximum atomic E-state index is 12.3. The van der Waals surface area contributed by atoms with E-state index >= 15 is 0 Å². The van der Waals surface area contributed by atoms with Gasteiger partial charge in [0.05, 0.1) is 0 Å². The van der Waals surface area contributed by atoms with Gasteiger partial charge in [-0.15, -0.1) is 0 Å². The quantitative estimate of drug-likeness (QED) is 0.426. The number of benzene rings is 4. The summed E-state index contributed by atoms with van der Waals surface area (Å²) >= 11 is 0. The van der Waals surface area contributed by atoms with Gasteiger partial charge in [0.2, 0.25) is 0 Å². The molecule has 1 atom stereocenters. The lowest BCUT2D eigenvalue weighted by Crippen LogP contribution is -2.30. The predicted octanol–water partition coefficient (Wildman–Crippen LogP) is 6.13. The molecule has 0 saturated heterocycles. The fourth-order valence-electron chi connectivity index (χ4n) is 4.45. The van der Waals surface area contributed by atoms with E-state index in [0.29, 0.717) is 0 Å². The molecular formula is C28H22O. The first kappa shape index (κ1) is 17.7. The lowest BCUT2D eigenvalue weighted by molar-refractivity contribution is 0.124. The minimum absolute atomic E-state index is 0.126. The van der Waals surface area contributed by atoms with E-state index in [9.17, 15) is 5.11 Å². The number of hydrogen-bond acceptors (Lipinski definition) is 1. The van der Waals surface area contributed by atoms with Crippen LogP contribution < -0.4 is 0 Å². The maximum absolute atomic E-state index is 12.3. The van der Waals surface area contributed by atoms with Crippen LogP contribution in [0.3, 0.4) is 0 Å². The molecule has 140 valence electrons. The first-order valence-electron chi connectivity index (χ1n) is 9.98. The highest BCUT2D eigenvalue weighted by Gasteiger charge is 2.37. The molecule has 1 nitrogen and oxygen atoms in total. The number of aliphatic hydroxyl groups is 1. The fraction of sp³-hybridized carbons (Fsp3) is 0.0714. The number of allylic oxidation sites excluding steroid dienone is 1. The molecule has 0 aliphatic heterocycles. The molecule has 1 unspecified atom stereocenters. The van der Waals surface area contributed by atoms with Crippen molar-refractivity contribution in [1.29, 1.82) is 0 Å². The van der Waals surface area contributed by atoms with E-state index in [-0.39, 0.29) is 5.92 Å². The van der Waals surface area contributed by atoms with Crippen molar-refractivity contribution >= 4 is 6.08 Å². The van der Waals surface area contributed by atoms with Crippen molar-refractivity contribution in [3.8, 4) is 0 Å². The molecule has 0 heterocycles. The zero-order valence-electron chi connectivity index (χ0n) is 16.1. The second-order valence-corrected chi connectivity index (χ2v) is 7.50. The minimum Gasteiger partial charge on any atom is -0.376 e. The van der Waals surface area contributed by atoms with E-state index in [1.807, 2.05) is 66.7 Å². The Kier molecular flexibility index (Phi) is 4.38. The zero-order valence-corrected chi connectivity index (χ0v) is 16.1. The molecule has 1 aliphatic carbocycles. The third-order valence-electron chi connectivity index (χ3n) is 5.87. The van der Waals surface area contributed by atoms with Crippen LogP contribution in [0.2, 0.25) is 0 Å². The number of rotatable bonds is 4. The van der Waals surface area contributed by atoms with Crippen LogP contribution in [0.15, 0.2) is 115 Å². The molecule has 4 aromatic carbocycles. The van der Waals surface area contributed by atoms with Crippen LogP contribution in [0.5, 0.6) is 0 Å². The van der Waals surface area contributed by atoms with Gasteiger partial charge >= 0.3 is 0 Å². The van der Waals surface area contributed by atoms with Crippen LogP contribution in [-0.4, -0.2) is 5.11 Å². The molecular weight excluding hydrogens is 352 g/mol. The highest BCUT2D eigenvalue weighted by Crippen LogP contribution is 2.44. The van der Waals surface area contributed by atoms with Gasteiger partial charge in [0.1, 0.15) is 5.60 Å². The molecule has 0 bridgehead atoms. The van der Waals surface area contributed by atoms with E-state index in [2.05, 4.69) is 54.6 Å². The Morgan fingerprint density at radius 1 is 0.552 bits per heavy atom. The van der Waals surface area contributed by atoms with E-state index in [0.717, 1.165) is 22.3 Å². The highest BCUT2D eigenvalue weighted by molar-refractivity contribution is 5.66. The standard InChI is InChI=1S/C28H22O/c29-28(22-12-3-1-4-13-22,23-14-5-2-6-15-23)27-18-10-9-17-26(27)25-20-19-21-11-7-8-16-24(21)25/h1-20,25,29H. The average Bonchev–Trinajstić information content (AvgIpc) is 3.24. The van der Waals surface area contributed by atoms with Crippen LogP contribution in [-0.2, 0) is 5.60 Å². The molecule has 0 saturated carbocycles. The smallest absolute Gasteiger partial charge is 0.140 e. The van der Waals surface area contributed by atoms with Gasteiger partial charge in [-0.2, -0.15) is 0 Å². The summed E-state index contributed by atoms with van der Waals surface area (Å²) in [5.74, 6) is 0.126. The Bertz CT molecular complexity index is 1120. The molecule has 0 amide bonds. The van der Waals surface area contributed by atoms with Crippen molar-refractivity contribution in [1.82, 2.24) is 0 Å². The van der Waals surface area contributed by atoms with Crippen molar-refractivity contribution in [2.45, 2.75) is 11.5 Å². The third-order valence-corrected chi connectivity index (χ3v) is 5.87. The third kappa shape index (κ3) is 2.91. The monoisotopic (exact) mass is 374 g/mol. The van der Waals surface area contributed by atoms with Crippen molar-refractivity contribution in [2.24, 2.45) is 0 Å². The zero-order chi connectivity index (χ0) is 19.7. The van der Waals surface area contributed by atoms with Crippen molar-refractivity contribution < 1.29 is 5.11 Å². The summed E-state index contributed by atoms with van der Waals surface area (Å²) in [5.41, 5.74) is 5.08. The Morgan fingerprint density at radius 3 is 1.72 bits per heavy atom. The molecule has 0 aromatic heterocycles. The summed E-state index contributed by atoms with van der Waals surface area (Å²) in [6.45, 7) is 0. The lowest BCUT2D eigenvalue weighted by atomic mass is 9.75. The average molecular weight is 374 g/mol. The van der Waals surface area contributed by atoms with Gasteiger partial charge < -0.3 is 5.11 Å². The summed E-state index contributed by atoms with van der Waals surface area (Å²) in [4.78, 5) is 0. The maximum Gasteiger partial charge on any atom is 0.140 e. The van der Waals surface area contributed by atoms with Crippen LogP contribution in [0, 0.1) is 0 Å². The summed E-state index contributed by atoms with van der Waals surface area (Å²) in [5, 5.41) is 12.3. The highest BCUT2D eigenvalue weighted by atomic mass is 16.3. The normalized spacial score (nSPS) is 15.3. The Balaban J connectivity index is 1.75. The molecule has 1 aliphatic rings. The SMILES string of the molecule is OC(c1ccccc1)(c1ccccc1)c1ccccc1C1C=Cc2ccccc21. The van der Waals surface area contributed by atoms with Gasteiger partial charge in [-0.25, -0.2) is 0 Å². The van der Waals surface area contributed by atoms with Crippen LogP contribution in [0.4, 0.5) is 0 Å². The van der Waals surface area contributed by atoms with Gasteiger partial charge in [-0.1, -0.05) is 121 Å². The summed E-state index contributed by atoms with van der Waals surface area (Å²) < 4.78 is 0. The van der Waals surface area contributed by atoms with E-state index in [1.54, 1.807) is 0 Å². The predicted molar refractivity (Wildman–Crippen MR) is 119 cm³/mol. The van der Waals surface area contributed by atoms with Gasteiger partial charge in [-0.05, 0) is 33.4 Å². The first-order chi connectivity index (χ1) is 14.3. The summed E-state index contributed by atoms with van der Waals surface area (Å²) in [6, 6.07) is 36.7.